The third kappa shape index (κ3) is 3.90. The molecule has 1 aromatic carbocycles. The molecule has 0 saturated carbocycles. The van der Waals surface area contributed by atoms with Crippen molar-refractivity contribution in [2.24, 2.45) is 0 Å². The zero-order valence-corrected chi connectivity index (χ0v) is 10.1. The zero-order chi connectivity index (χ0) is 12.8. The van der Waals surface area contributed by atoms with Crippen molar-refractivity contribution in [3.8, 4) is 0 Å². The minimum atomic E-state index is -0.993. The first-order chi connectivity index (χ1) is 8.04. The molecular weight excluding hydrogens is 218 g/mol. The predicted octanol–water partition coefficient (Wildman–Crippen LogP) is 1.98. The van der Waals surface area contributed by atoms with E-state index in [-0.39, 0.29) is 5.91 Å². The van der Waals surface area contributed by atoms with Gasteiger partial charge < -0.3 is 10.4 Å². The van der Waals surface area contributed by atoms with Crippen LogP contribution in [-0.4, -0.2) is 23.0 Å². The van der Waals surface area contributed by atoms with Crippen LogP contribution in [0, 0.1) is 6.92 Å². The highest BCUT2D eigenvalue weighted by atomic mass is 16.4. The van der Waals surface area contributed by atoms with Crippen LogP contribution in [0.15, 0.2) is 24.3 Å². The van der Waals surface area contributed by atoms with Gasteiger partial charge in [-0.2, -0.15) is 0 Å². The molecule has 2 N–H and O–H groups in total. The molecule has 0 radical (unpaired) electrons. The maximum absolute atomic E-state index is 11.8. The molecule has 0 aromatic heterocycles. The molecule has 1 aromatic rings. The highest BCUT2D eigenvalue weighted by molar-refractivity contribution is 5.96. The number of carboxylic acids is 1. The summed E-state index contributed by atoms with van der Waals surface area (Å²) in [5.41, 5.74) is 1.47. The molecule has 0 aliphatic heterocycles. The summed E-state index contributed by atoms with van der Waals surface area (Å²) in [6.07, 6.45) is 1.15. The number of rotatable bonds is 5. The summed E-state index contributed by atoms with van der Waals surface area (Å²) in [4.78, 5) is 22.7. The van der Waals surface area contributed by atoms with Crippen LogP contribution < -0.4 is 5.32 Å². The first kappa shape index (κ1) is 13.2. The third-order valence-electron chi connectivity index (χ3n) is 2.46. The quantitative estimate of drug-likeness (QED) is 0.820. The average molecular weight is 235 g/mol. The molecule has 1 atom stereocenters. The van der Waals surface area contributed by atoms with Crippen molar-refractivity contribution in [1.82, 2.24) is 5.32 Å². The molecule has 4 heteroatoms. The Morgan fingerprint density at radius 3 is 2.65 bits per heavy atom. The topological polar surface area (TPSA) is 66.4 Å². The molecule has 17 heavy (non-hydrogen) atoms. The van der Waals surface area contributed by atoms with Gasteiger partial charge in [0, 0.05) is 5.56 Å². The minimum Gasteiger partial charge on any atom is -0.480 e. The van der Waals surface area contributed by atoms with Crippen LogP contribution in [-0.2, 0) is 4.79 Å². The van der Waals surface area contributed by atoms with E-state index >= 15 is 0 Å². The molecule has 0 bridgehead atoms. The van der Waals surface area contributed by atoms with E-state index in [9.17, 15) is 9.59 Å². The largest absolute Gasteiger partial charge is 0.480 e. The van der Waals surface area contributed by atoms with E-state index in [1.807, 2.05) is 19.9 Å². The normalized spacial score (nSPS) is 11.9. The summed E-state index contributed by atoms with van der Waals surface area (Å²) in [6.45, 7) is 3.77. The van der Waals surface area contributed by atoms with Gasteiger partial charge in [-0.25, -0.2) is 4.79 Å². The van der Waals surface area contributed by atoms with Gasteiger partial charge in [0.05, 0.1) is 0 Å². The van der Waals surface area contributed by atoms with Crippen LogP contribution in [0.2, 0.25) is 0 Å². The van der Waals surface area contributed by atoms with E-state index in [1.54, 1.807) is 18.2 Å². The van der Waals surface area contributed by atoms with Crippen molar-refractivity contribution >= 4 is 11.9 Å². The number of amides is 1. The second-order valence-electron chi connectivity index (χ2n) is 4.02. The van der Waals surface area contributed by atoms with Crippen LogP contribution >= 0.6 is 0 Å². The van der Waals surface area contributed by atoms with Crippen molar-refractivity contribution in [2.45, 2.75) is 32.7 Å². The fourth-order valence-corrected chi connectivity index (χ4v) is 1.57. The number of benzene rings is 1. The van der Waals surface area contributed by atoms with E-state index in [2.05, 4.69) is 5.32 Å². The third-order valence-corrected chi connectivity index (χ3v) is 2.46. The van der Waals surface area contributed by atoms with E-state index in [0.717, 1.165) is 5.56 Å². The molecule has 1 rings (SSSR count). The fraction of sp³-hybridized carbons (Fsp3) is 0.385. The molecule has 1 unspecified atom stereocenters. The van der Waals surface area contributed by atoms with Crippen LogP contribution in [0.5, 0.6) is 0 Å². The zero-order valence-electron chi connectivity index (χ0n) is 10.1. The lowest BCUT2D eigenvalue weighted by Crippen LogP contribution is -2.40. The Morgan fingerprint density at radius 2 is 2.12 bits per heavy atom. The number of aryl methyl sites for hydroxylation is 1. The minimum absolute atomic E-state index is 0.338. The maximum Gasteiger partial charge on any atom is 0.326 e. The smallest absolute Gasteiger partial charge is 0.326 e. The van der Waals surface area contributed by atoms with Gasteiger partial charge in [0.15, 0.2) is 0 Å². The molecule has 4 nitrogen and oxygen atoms in total. The van der Waals surface area contributed by atoms with Crippen molar-refractivity contribution in [1.29, 1.82) is 0 Å². The number of hydrogen-bond acceptors (Lipinski definition) is 2. The Bertz CT molecular complexity index is 415. The van der Waals surface area contributed by atoms with Gasteiger partial charge in [-0.1, -0.05) is 31.0 Å². The molecule has 0 aliphatic rings. The Balaban J connectivity index is 2.73. The number of carbonyl (C=O) groups is 2. The van der Waals surface area contributed by atoms with E-state index < -0.39 is 12.0 Å². The van der Waals surface area contributed by atoms with Crippen molar-refractivity contribution in [3.05, 3.63) is 35.4 Å². The summed E-state index contributed by atoms with van der Waals surface area (Å²) in [5.74, 6) is -1.33. The fourth-order valence-electron chi connectivity index (χ4n) is 1.57. The number of nitrogens with one attached hydrogen (secondary N) is 1. The first-order valence-electron chi connectivity index (χ1n) is 5.65. The summed E-state index contributed by atoms with van der Waals surface area (Å²) in [7, 11) is 0. The number of aliphatic carboxylic acids is 1. The van der Waals surface area contributed by atoms with E-state index in [4.69, 9.17) is 5.11 Å². The number of hydrogen-bond donors (Lipinski definition) is 2. The number of carbonyl (C=O) groups excluding carboxylic acids is 1. The van der Waals surface area contributed by atoms with E-state index in [1.165, 1.54) is 0 Å². The monoisotopic (exact) mass is 235 g/mol. The highest BCUT2D eigenvalue weighted by Gasteiger charge is 2.19. The average Bonchev–Trinajstić information content (AvgIpc) is 2.28. The molecule has 0 heterocycles. The van der Waals surface area contributed by atoms with Gasteiger partial charge >= 0.3 is 5.97 Å². The molecule has 0 aliphatic carbocycles. The van der Waals surface area contributed by atoms with Gasteiger partial charge in [0.1, 0.15) is 6.04 Å². The predicted molar refractivity (Wildman–Crippen MR) is 65.0 cm³/mol. The highest BCUT2D eigenvalue weighted by Crippen LogP contribution is 2.05. The molecule has 1 amide bonds. The lowest BCUT2D eigenvalue weighted by Gasteiger charge is -2.13. The molecule has 0 saturated heterocycles. The second-order valence-corrected chi connectivity index (χ2v) is 4.02. The van der Waals surface area contributed by atoms with Crippen LogP contribution in [0.3, 0.4) is 0 Å². The SMILES string of the molecule is CCCC(NC(=O)c1cccc(C)c1)C(=O)O. The van der Waals surface area contributed by atoms with Gasteiger partial charge in [-0.3, -0.25) is 4.79 Å². The lowest BCUT2D eigenvalue weighted by molar-refractivity contribution is -0.139. The Hall–Kier alpha value is -1.84. The number of carboxylic acid groups (broad SMARTS) is 1. The van der Waals surface area contributed by atoms with Crippen LogP contribution in [0.1, 0.15) is 35.7 Å². The first-order valence-corrected chi connectivity index (χ1v) is 5.65. The molecule has 92 valence electrons. The molecule has 0 fully saturated rings. The standard InChI is InChI=1S/C13H17NO3/c1-3-5-11(13(16)17)14-12(15)10-7-4-6-9(2)8-10/h4,6-8,11H,3,5H2,1-2H3,(H,14,15)(H,16,17). The van der Waals surface area contributed by atoms with Gasteiger partial charge in [0.25, 0.3) is 5.91 Å². The van der Waals surface area contributed by atoms with Gasteiger partial charge in [0.2, 0.25) is 0 Å². The summed E-state index contributed by atoms with van der Waals surface area (Å²) in [5, 5.41) is 11.5. The molecule has 0 spiro atoms. The van der Waals surface area contributed by atoms with Crippen LogP contribution in [0.25, 0.3) is 0 Å². The maximum atomic E-state index is 11.8. The summed E-state index contributed by atoms with van der Waals surface area (Å²) in [6, 6.07) is 6.26. The Kier molecular flexibility index (Phi) is 4.69. The Labute approximate surface area is 101 Å². The van der Waals surface area contributed by atoms with Gasteiger partial charge in [-0.05, 0) is 25.5 Å². The molecular formula is C13H17NO3. The van der Waals surface area contributed by atoms with Gasteiger partial charge in [-0.15, -0.1) is 0 Å². The second kappa shape index (κ2) is 6.03. The Morgan fingerprint density at radius 1 is 1.41 bits per heavy atom. The summed E-state index contributed by atoms with van der Waals surface area (Å²) < 4.78 is 0. The lowest BCUT2D eigenvalue weighted by atomic mass is 10.1. The van der Waals surface area contributed by atoms with Crippen molar-refractivity contribution < 1.29 is 14.7 Å². The summed E-state index contributed by atoms with van der Waals surface area (Å²) >= 11 is 0. The van der Waals surface area contributed by atoms with E-state index in [0.29, 0.717) is 18.4 Å². The van der Waals surface area contributed by atoms with Crippen molar-refractivity contribution in [3.63, 3.8) is 0 Å². The van der Waals surface area contributed by atoms with Crippen molar-refractivity contribution in [2.75, 3.05) is 0 Å². The van der Waals surface area contributed by atoms with Crippen LogP contribution in [0.4, 0.5) is 0 Å².